The maximum absolute atomic E-state index is 11.2. The van der Waals surface area contributed by atoms with E-state index in [9.17, 15) is 9.90 Å². The quantitative estimate of drug-likeness (QED) is 0.785. The Kier molecular flexibility index (Phi) is 2.07. The molecule has 1 aromatic heterocycles. The number of rotatable bonds is 0. The van der Waals surface area contributed by atoms with Crippen molar-refractivity contribution in [3.63, 3.8) is 0 Å². The maximum atomic E-state index is 11.2. The van der Waals surface area contributed by atoms with Gasteiger partial charge in [0.15, 0.2) is 0 Å². The molecule has 0 fully saturated rings. The fourth-order valence-corrected chi connectivity index (χ4v) is 1.75. The van der Waals surface area contributed by atoms with Gasteiger partial charge in [-0.05, 0) is 34.1 Å². The molecule has 3 nitrogen and oxygen atoms in total. The predicted octanol–water partition coefficient (Wildman–Crippen LogP) is 2.77. The number of carbonyl (C=O) groups is 1. The highest BCUT2D eigenvalue weighted by atomic mass is 79.9. The maximum Gasteiger partial charge on any atom is 0.227 e. The molecule has 0 aliphatic rings. The van der Waals surface area contributed by atoms with Gasteiger partial charge in [0.05, 0.1) is 9.99 Å². The Bertz CT molecular complexity index is 516. The average molecular weight is 254 g/mol. The van der Waals surface area contributed by atoms with E-state index in [0.29, 0.717) is 4.47 Å². The number of fused-ring (bicyclic) bond motifs is 1. The first-order valence-corrected chi connectivity index (χ1v) is 4.89. The summed E-state index contributed by atoms with van der Waals surface area (Å²) in [5, 5.41) is 10.3. The fraction of sp³-hybridized carbons (Fsp3) is 0.100. The van der Waals surface area contributed by atoms with Crippen LogP contribution < -0.4 is 0 Å². The van der Waals surface area contributed by atoms with Crippen LogP contribution in [-0.4, -0.2) is 15.6 Å². The van der Waals surface area contributed by atoms with Gasteiger partial charge in [0, 0.05) is 18.5 Å². The Morgan fingerprint density at radius 2 is 2.21 bits per heavy atom. The molecule has 1 heterocycles. The van der Waals surface area contributed by atoms with E-state index >= 15 is 0 Å². The number of aromatic hydroxyl groups is 1. The number of nitrogens with zero attached hydrogens (tertiary/aromatic N) is 1. The summed E-state index contributed by atoms with van der Waals surface area (Å²) in [5.74, 6) is 0.136. The standard InChI is InChI=1S/C10H8BrNO2/c1-6(13)12-3-2-7-4-10(14)8(11)5-9(7)12/h2-5,14H,1H3. The number of halogens is 1. The summed E-state index contributed by atoms with van der Waals surface area (Å²) in [7, 11) is 0. The summed E-state index contributed by atoms with van der Waals surface area (Å²) >= 11 is 3.21. The van der Waals surface area contributed by atoms with Gasteiger partial charge in [0.1, 0.15) is 5.75 Å². The van der Waals surface area contributed by atoms with E-state index in [1.807, 2.05) is 0 Å². The number of hydrogen-bond donors (Lipinski definition) is 1. The smallest absolute Gasteiger partial charge is 0.227 e. The second kappa shape index (κ2) is 3.13. The van der Waals surface area contributed by atoms with Gasteiger partial charge in [-0.3, -0.25) is 9.36 Å². The van der Waals surface area contributed by atoms with Crippen molar-refractivity contribution in [2.75, 3.05) is 0 Å². The van der Waals surface area contributed by atoms with Crippen LogP contribution in [0.1, 0.15) is 11.7 Å². The number of benzene rings is 1. The minimum Gasteiger partial charge on any atom is -0.507 e. The lowest BCUT2D eigenvalue weighted by molar-refractivity contribution is 0.0941. The van der Waals surface area contributed by atoms with Crippen LogP contribution in [0.15, 0.2) is 28.9 Å². The summed E-state index contributed by atoms with van der Waals surface area (Å²) in [4.78, 5) is 11.2. The molecule has 4 heteroatoms. The molecule has 0 saturated heterocycles. The van der Waals surface area contributed by atoms with E-state index in [0.717, 1.165) is 10.9 Å². The minimum atomic E-state index is -0.0439. The van der Waals surface area contributed by atoms with Gasteiger partial charge < -0.3 is 5.11 Å². The van der Waals surface area contributed by atoms with Crippen molar-refractivity contribution in [1.82, 2.24) is 4.57 Å². The van der Waals surface area contributed by atoms with Crippen molar-refractivity contribution < 1.29 is 9.90 Å². The van der Waals surface area contributed by atoms with Crippen LogP contribution in [0.4, 0.5) is 0 Å². The number of aromatic nitrogens is 1. The first-order chi connectivity index (χ1) is 6.59. The lowest BCUT2D eigenvalue weighted by atomic mass is 10.2. The molecule has 0 saturated carbocycles. The molecule has 14 heavy (non-hydrogen) atoms. The number of hydrogen-bond acceptors (Lipinski definition) is 2. The zero-order valence-electron chi connectivity index (χ0n) is 7.49. The second-order valence-corrected chi connectivity index (χ2v) is 3.92. The zero-order valence-corrected chi connectivity index (χ0v) is 9.08. The Morgan fingerprint density at radius 3 is 2.86 bits per heavy atom. The third-order valence-electron chi connectivity index (χ3n) is 2.10. The van der Waals surface area contributed by atoms with Crippen LogP contribution in [-0.2, 0) is 0 Å². The lowest BCUT2D eigenvalue weighted by Crippen LogP contribution is -2.02. The van der Waals surface area contributed by atoms with E-state index in [1.54, 1.807) is 29.0 Å². The van der Waals surface area contributed by atoms with Gasteiger partial charge in [0.2, 0.25) is 5.91 Å². The average Bonchev–Trinajstić information content (AvgIpc) is 2.48. The molecule has 2 aromatic rings. The first kappa shape index (κ1) is 9.27. The minimum absolute atomic E-state index is 0.0439. The Balaban J connectivity index is 2.80. The highest BCUT2D eigenvalue weighted by molar-refractivity contribution is 9.10. The molecule has 1 N–H and O–H groups in total. The van der Waals surface area contributed by atoms with Gasteiger partial charge in [0.25, 0.3) is 0 Å². The van der Waals surface area contributed by atoms with Crippen LogP contribution in [0, 0.1) is 0 Å². The largest absolute Gasteiger partial charge is 0.507 e. The molecule has 0 radical (unpaired) electrons. The highest BCUT2D eigenvalue weighted by Gasteiger charge is 2.07. The van der Waals surface area contributed by atoms with Crippen molar-refractivity contribution in [2.24, 2.45) is 0 Å². The van der Waals surface area contributed by atoms with Gasteiger partial charge >= 0.3 is 0 Å². The van der Waals surface area contributed by atoms with E-state index in [4.69, 9.17) is 0 Å². The molecule has 1 aromatic carbocycles. The molecule has 72 valence electrons. The molecule has 2 rings (SSSR count). The molecular formula is C10H8BrNO2. The molecule has 0 aliphatic heterocycles. The van der Waals surface area contributed by atoms with Gasteiger partial charge in [-0.25, -0.2) is 0 Å². The molecule has 0 amide bonds. The molecule has 0 atom stereocenters. The Labute approximate surface area is 89.1 Å². The van der Waals surface area contributed by atoms with E-state index in [-0.39, 0.29) is 11.7 Å². The summed E-state index contributed by atoms with van der Waals surface area (Å²) in [6.45, 7) is 1.50. The normalized spacial score (nSPS) is 10.7. The summed E-state index contributed by atoms with van der Waals surface area (Å²) in [6.07, 6.45) is 1.69. The summed E-state index contributed by atoms with van der Waals surface area (Å²) in [6, 6.07) is 5.15. The number of phenolic OH excluding ortho intramolecular Hbond substituents is 1. The number of phenols is 1. The van der Waals surface area contributed by atoms with Crippen molar-refractivity contribution >= 4 is 32.7 Å². The zero-order chi connectivity index (χ0) is 10.3. The Hall–Kier alpha value is -1.29. The van der Waals surface area contributed by atoms with Crippen LogP contribution in [0.25, 0.3) is 10.9 Å². The topological polar surface area (TPSA) is 42.2 Å². The molecule has 0 spiro atoms. The van der Waals surface area contributed by atoms with Crippen molar-refractivity contribution in [3.05, 3.63) is 28.9 Å². The third kappa shape index (κ3) is 1.32. The van der Waals surface area contributed by atoms with Crippen LogP contribution in [0.2, 0.25) is 0 Å². The summed E-state index contributed by atoms with van der Waals surface area (Å²) in [5.41, 5.74) is 0.794. The third-order valence-corrected chi connectivity index (χ3v) is 2.73. The van der Waals surface area contributed by atoms with Crippen LogP contribution in [0.5, 0.6) is 5.75 Å². The lowest BCUT2D eigenvalue weighted by Gasteiger charge is -2.01. The molecule has 0 aliphatic carbocycles. The second-order valence-electron chi connectivity index (χ2n) is 3.07. The van der Waals surface area contributed by atoms with Gasteiger partial charge in [-0.1, -0.05) is 0 Å². The Morgan fingerprint density at radius 1 is 1.50 bits per heavy atom. The van der Waals surface area contributed by atoms with E-state index < -0.39 is 0 Å². The van der Waals surface area contributed by atoms with E-state index in [1.165, 1.54) is 6.92 Å². The van der Waals surface area contributed by atoms with Crippen molar-refractivity contribution in [3.8, 4) is 5.75 Å². The monoisotopic (exact) mass is 253 g/mol. The van der Waals surface area contributed by atoms with Crippen molar-refractivity contribution in [1.29, 1.82) is 0 Å². The summed E-state index contributed by atoms with van der Waals surface area (Å²) < 4.78 is 2.13. The van der Waals surface area contributed by atoms with Crippen molar-refractivity contribution in [2.45, 2.75) is 6.92 Å². The molecule has 0 bridgehead atoms. The molecular weight excluding hydrogens is 246 g/mol. The fourth-order valence-electron chi connectivity index (χ4n) is 1.42. The van der Waals surface area contributed by atoms with Gasteiger partial charge in [-0.2, -0.15) is 0 Å². The predicted molar refractivity (Wildman–Crippen MR) is 57.6 cm³/mol. The van der Waals surface area contributed by atoms with Crippen LogP contribution >= 0.6 is 15.9 Å². The van der Waals surface area contributed by atoms with Gasteiger partial charge in [-0.15, -0.1) is 0 Å². The first-order valence-electron chi connectivity index (χ1n) is 4.10. The SMILES string of the molecule is CC(=O)n1ccc2cc(O)c(Br)cc21. The molecule has 0 unspecified atom stereocenters. The number of carbonyl (C=O) groups excluding carboxylic acids is 1. The highest BCUT2D eigenvalue weighted by Crippen LogP contribution is 2.29. The van der Waals surface area contributed by atoms with E-state index in [2.05, 4.69) is 15.9 Å². The van der Waals surface area contributed by atoms with Crippen LogP contribution in [0.3, 0.4) is 0 Å².